The first-order valence-electron chi connectivity index (χ1n) is 10.9. The van der Waals surface area contributed by atoms with Crippen molar-refractivity contribution in [2.45, 2.75) is 27.7 Å². The lowest BCUT2D eigenvalue weighted by atomic mass is 10.0. The molecule has 0 aliphatic carbocycles. The van der Waals surface area contributed by atoms with Gasteiger partial charge in [-0.05, 0) is 81.3 Å². The highest BCUT2D eigenvalue weighted by Gasteiger charge is 2.19. The molecule has 0 aliphatic heterocycles. The third kappa shape index (κ3) is 2.45. The summed E-state index contributed by atoms with van der Waals surface area (Å²) in [6.07, 6.45) is 0. The number of rotatable bonds is 1. The molecule has 0 amide bonds. The SMILES string of the molecule is Cc1ccc(C)c(-n2c3ccc(C)cc3c3c4c5cc(C)ccc5n(C)c4ccc32)c1. The highest BCUT2D eigenvalue weighted by Crippen LogP contribution is 2.41. The maximum absolute atomic E-state index is 2.46. The van der Waals surface area contributed by atoms with Crippen LogP contribution in [0.25, 0.3) is 49.3 Å². The molecule has 2 heteroatoms. The summed E-state index contributed by atoms with van der Waals surface area (Å²) in [5.41, 5.74) is 11.5. The lowest BCUT2D eigenvalue weighted by Gasteiger charge is -2.12. The Morgan fingerprint density at radius 3 is 1.77 bits per heavy atom. The molecular weight excluding hydrogens is 376 g/mol. The van der Waals surface area contributed by atoms with E-state index in [1.54, 1.807) is 0 Å². The van der Waals surface area contributed by atoms with E-state index in [-0.39, 0.29) is 0 Å². The molecule has 6 rings (SSSR count). The second-order valence-corrected chi connectivity index (χ2v) is 9.08. The van der Waals surface area contributed by atoms with Crippen LogP contribution >= 0.6 is 0 Å². The van der Waals surface area contributed by atoms with Crippen LogP contribution in [0, 0.1) is 27.7 Å². The van der Waals surface area contributed by atoms with Crippen molar-refractivity contribution in [2.24, 2.45) is 7.05 Å². The van der Waals surface area contributed by atoms with Gasteiger partial charge in [-0.2, -0.15) is 0 Å². The first-order chi connectivity index (χ1) is 14.9. The van der Waals surface area contributed by atoms with Gasteiger partial charge in [-0.3, -0.25) is 0 Å². The van der Waals surface area contributed by atoms with Gasteiger partial charge < -0.3 is 9.13 Å². The maximum atomic E-state index is 2.46. The molecule has 2 heterocycles. The molecule has 0 N–H and O–H groups in total. The molecule has 6 aromatic rings. The average molecular weight is 403 g/mol. The molecule has 31 heavy (non-hydrogen) atoms. The molecule has 0 bridgehead atoms. The standard InChI is InChI=1S/C29H26N2/c1-17-7-10-23-21(14-17)28-25(30(23)5)12-13-26-29(28)22-15-18(2)8-11-24(22)31(26)27-16-19(3)6-9-20(27)4/h6-16H,1-5H3. The number of aromatic nitrogens is 2. The van der Waals surface area contributed by atoms with E-state index in [0.717, 1.165) is 0 Å². The van der Waals surface area contributed by atoms with Gasteiger partial charge >= 0.3 is 0 Å². The Morgan fingerprint density at radius 2 is 1.03 bits per heavy atom. The van der Waals surface area contributed by atoms with Crippen molar-refractivity contribution < 1.29 is 0 Å². The van der Waals surface area contributed by atoms with Crippen molar-refractivity contribution in [1.82, 2.24) is 9.13 Å². The summed E-state index contributed by atoms with van der Waals surface area (Å²) in [5, 5.41) is 5.38. The van der Waals surface area contributed by atoms with E-state index in [1.807, 2.05) is 0 Å². The third-order valence-electron chi connectivity index (χ3n) is 6.81. The van der Waals surface area contributed by atoms with Crippen molar-refractivity contribution in [3.05, 3.63) is 89.0 Å². The summed E-state index contributed by atoms with van der Waals surface area (Å²) in [5.74, 6) is 0. The normalized spacial score (nSPS) is 12.0. The van der Waals surface area contributed by atoms with Gasteiger partial charge in [0.1, 0.15) is 0 Å². The van der Waals surface area contributed by atoms with Gasteiger partial charge in [-0.1, -0.05) is 35.4 Å². The molecule has 152 valence electrons. The van der Waals surface area contributed by atoms with Crippen molar-refractivity contribution in [3.8, 4) is 5.69 Å². The van der Waals surface area contributed by atoms with Crippen LogP contribution in [0.4, 0.5) is 0 Å². The molecule has 0 aliphatic rings. The van der Waals surface area contributed by atoms with Gasteiger partial charge in [-0.25, -0.2) is 0 Å². The molecule has 4 aromatic carbocycles. The lowest BCUT2D eigenvalue weighted by Crippen LogP contribution is -1.97. The van der Waals surface area contributed by atoms with E-state index in [0.29, 0.717) is 0 Å². The first kappa shape index (κ1) is 18.3. The minimum atomic E-state index is 1.26. The molecule has 0 spiro atoms. The summed E-state index contributed by atoms with van der Waals surface area (Å²) in [6, 6.07) is 25.0. The van der Waals surface area contributed by atoms with Gasteiger partial charge in [-0.15, -0.1) is 0 Å². The Hall–Kier alpha value is -3.52. The van der Waals surface area contributed by atoms with Crippen molar-refractivity contribution >= 4 is 43.6 Å². The van der Waals surface area contributed by atoms with E-state index >= 15 is 0 Å². The Bertz CT molecular complexity index is 1670. The zero-order chi connectivity index (χ0) is 21.4. The van der Waals surface area contributed by atoms with Crippen LogP contribution in [0.15, 0.2) is 66.7 Å². The molecule has 0 atom stereocenters. The van der Waals surface area contributed by atoms with Gasteiger partial charge in [0.2, 0.25) is 0 Å². The number of aryl methyl sites for hydroxylation is 5. The number of nitrogens with zero attached hydrogens (tertiary/aromatic N) is 2. The summed E-state index contributed by atoms with van der Waals surface area (Å²) >= 11 is 0. The van der Waals surface area contributed by atoms with Gasteiger partial charge in [0.05, 0.1) is 11.0 Å². The Morgan fingerprint density at radius 1 is 0.516 bits per heavy atom. The second-order valence-electron chi connectivity index (χ2n) is 9.08. The summed E-state index contributed by atoms with van der Waals surface area (Å²) < 4.78 is 4.79. The summed E-state index contributed by atoms with van der Waals surface area (Å²) in [4.78, 5) is 0. The van der Waals surface area contributed by atoms with E-state index in [2.05, 4.69) is 111 Å². The summed E-state index contributed by atoms with van der Waals surface area (Å²) in [6.45, 7) is 8.75. The molecule has 0 radical (unpaired) electrons. The molecular formula is C29H26N2. The Kier molecular flexibility index (Phi) is 3.68. The fourth-order valence-electron chi connectivity index (χ4n) is 5.26. The molecule has 0 fully saturated rings. The quantitative estimate of drug-likeness (QED) is 0.267. The maximum Gasteiger partial charge on any atom is 0.0549 e. The van der Waals surface area contributed by atoms with Crippen LogP contribution in [0.2, 0.25) is 0 Å². The van der Waals surface area contributed by atoms with Crippen LogP contribution < -0.4 is 0 Å². The fourth-order valence-corrected chi connectivity index (χ4v) is 5.26. The van der Waals surface area contributed by atoms with Gasteiger partial charge in [0.15, 0.2) is 0 Å². The van der Waals surface area contributed by atoms with Gasteiger partial charge in [0, 0.05) is 45.3 Å². The predicted octanol–water partition coefficient (Wildman–Crippen LogP) is 7.66. The first-order valence-corrected chi connectivity index (χ1v) is 10.9. The van der Waals surface area contributed by atoms with Crippen LogP contribution in [0.5, 0.6) is 0 Å². The van der Waals surface area contributed by atoms with Crippen molar-refractivity contribution in [1.29, 1.82) is 0 Å². The van der Waals surface area contributed by atoms with Crippen LogP contribution in [-0.2, 0) is 7.05 Å². The number of hydrogen-bond donors (Lipinski definition) is 0. The van der Waals surface area contributed by atoms with E-state index in [1.165, 1.54) is 71.6 Å². The monoisotopic (exact) mass is 402 g/mol. The van der Waals surface area contributed by atoms with Gasteiger partial charge in [0.25, 0.3) is 0 Å². The topological polar surface area (TPSA) is 9.86 Å². The molecule has 2 nitrogen and oxygen atoms in total. The minimum Gasteiger partial charge on any atom is -0.344 e. The predicted molar refractivity (Wildman–Crippen MR) is 134 cm³/mol. The smallest absolute Gasteiger partial charge is 0.0549 e. The summed E-state index contributed by atoms with van der Waals surface area (Å²) in [7, 11) is 2.18. The number of hydrogen-bond acceptors (Lipinski definition) is 0. The van der Waals surface area contributed by atoms with Crippen LogP contribution in [0.1, 0.15) is 22.3 Å². The molecule has 0 saturated heterocycles. The van der Waals surface area contributed by atoms with Crippen LogP contribution in [-0.4, -0.2) is 9.13 Å². The second kappa shape index (κ2) is 6.24. The van der Waals surface area contributed by atoms with E-state index < -0.39 is 0 Å². The van der Waals surface area contributed by atoms with E-state index in [4.69, 9.17) is 0 Å². The molecule has 0 saturated carbocycles. The lowest BCUT2D eigenvalue weighted by molar-refractivity contribution is 1.01. The molecule has 0 unspecified atom stereocenters. The highest BCUT2D eigenvalue weighted by molar-refractivity contribution is 6.28. The third-order valence-corrected chi connectivity index (χ3v) is 6.81. The van der Waals surface area contributed by atoms with Crippen LogP contribution in [0.3, 0.4) is 0 Å². The zero-order valence-electron chi connectivity index (χ0n) is 18.7. The molecule has 2 aromatic heterocycles. The minimum absolute atomic E-state index is 1.26. The number of fused-ring (bicyclic) bond motifs is 7. The van der Waals surface area contributed by atoms with Crippen molar-refractivity contribution in [2.75, 3.05) is 0 Å². The average Bonchev–Trinajstić information content (AvgIpc) is 3.21. The number of benzene rings is 4. The largest absolute Gasteiger partial charge is 0.344 e. The van der Waals surface area contributed by atoms with Crippen molar-refractivity contribution in [3.63, 3.8) is 0 Å². The zero-order valence-corrected chi connectivity index (χ0v) is 18.7. The fraction of sp³-hybridized carbons (Fsp3) is 0.172. The Balaban J connectivity index is 1.92. The Labute approximate surface area is 182 Å². The highest BCUT2D eigenvalue weighted by atomic mass is 15.0. The van der Waals surface area contributed by atoms with E-state index in [9.17, 15) is 0 Å².